The standard InChI is InChI=1S/C21H25NO5S/c1-20(2,3)13-9-12(10-14(21(4,5)6)16(13)22(24)25)17(23)19-18-15(11-28-19)26-7-8-27-18/h9-11H,7-8H2,1-6H3. The van der Waals surface area contributed by atoms with Crippen LogP contribution in [-0.4, -0.2) is 23.9 Å². The molecule has 1 aromatic carbocycles. The third-order valence-corrected chi connectivity index (χ3v) is 5.62. The Morgan fingerprint density at radius 1 is 1.04 bits per heavy atom. The molecule has 0 atom stereocenters. The first kappa shape index (κ1) is 20.3. The number of ether oxygens (including phenoxy) is 2. The van der Waals surface area contributed by atoms with Crippen molar-refractivity contribution in [3.63, 3.8) is 0 Å². The molecule has 2 heterocycles. The Morgan fingerprint density at radius 2 is 1.57 bits per heavy atom. The first-order valence-corrected chi connectivity index (χ1v) is 10.0. The van der Waals surface area contributed by atoms with E-state index in [-0.39, 0.29) is 16.4 Å². The molecule has 0 saturated carbocycles. The summed E-state index contributed by atoms with van der Waals surface area (Å²) in [5.41, 5.74) is 0.635. The third kappa shape index (κ3) is 3.63. The van der Waals surface area contributed by atoms with E-state index < -0.39 is 10.8 Å². The van der Waals surface area contributed by atoms with Crippen molar-refractivity contribution in [2.45, 2.75) is 52.4 Å². The molecule has 0 spiro atoms. The Labute approximate surface area is 168 Å². The van der Waals surface area contributed by atoms with E-state index in [0.29, 0.717) is 46.3 Å². The largest absolute Gasteiger partial charge is 0.485 e. The number of carbonyl (C=O) groups excluding carboxylic acids is 1. The molecule has 6 nitrogen and oxygen atoms in total. The van der Waals surface area contributed by atoms with Crippen LogP contribution in [0.15, 0.2) is 17.5 Å². The van der Waals surface area contributed by atoms with Crippen molar-refractivity contribution < 1.29 is 19.2 Å². The number of hydrogen-bond acceptors (Lipinski definition) is 6. The lowest BCUT2D eigenvalue weighted by Gasteiger charge is -2.26. The summed E-state index contributed by atoms with van der Waals surface area (Å²) >= 11 is 1.27. The summed E-state index contributed by atoms with van der Waals surface area (Å²) < 4.78 is 11.2. The van der Waals surface area contributed by atoms with E-state index in [9.17, 15) is 14.9 Å². The van der Waals surface area contributed by atoms with Crippen molar-refractivity contribution in [2.24, 2.45) is 0 Å². The fourth-order valence-electron chi connectivity index (χ4n) is 3.26. The molecule has 2 aromatic rings. The number of nitro benzene ring substituents is 1. The Kier molecular flexibility index (Phi) is 5.00. The molecule has 1 aliphatic rings. The number of fused-ring (bicyclic) bond motifs is 1. The van der Waals surface area contributed by atoms with Gasteiger partial charge in [0.25, 0.3) is 5.69 Å². The van der Waals surface area contributed by atoms with Gasteiger partial charge in [0.05, 0.1) is 4.92 Å². The van der Waals surface area contributed by atoms with Gasteiger partial charge in [0.1, 0.15) is 18.1 Å². The van der Waals surface area contributed by atoms with E-state index in [4.69, 9.17) is 9.47 Å². The smallest absolute Gasteiger partial charge is 0.276 e. The molecule has 28 heavy (non-hydrogen) atoms. The van der Waals surface area contributed by atoms with Crippen LogP contribution in [0.3, 0.4) is 0 Å². The fraction of sp³-hybridized carbons (Fsp3) is 0.476. The lowest BCUT2D eigenvalue weighted by atomic mass is 9.77. The maximum absolute atomic E-state index is 13.3. The second kappa shape index (κ2) is 6.88. The van der Waals surface area contributed by atoms with Crippen LogP contribution in [0.2, 0.25) is 0 Å². The highest BCUT2D eigenvalue weighted by Gasteiger charge is 2.35. The monoisotopic (exact) mass is 403 g/mol. The van der Waals surface area contributed by atoms with Gasteiger partial charge in [-0.2, -0.15) is 0 Å². The van der Waals surface area contributed by atoms with Crippen LogP contribution in [0.4, 0.5) is 5.69 Å². The maximum atomic E-state index is 13.3. The van der Waals surface area contributed by atoms with Crippen LogP contribution in [0, 0.1) is 10.1 Å². The van der Waals surface area contributed by atoms with Crippen molar-refractivity contribution in [1.29, 1.82) is 0 Å². The summed E-state index contributed by atoms with van der Waals surface area (Å²) in [7, 11) is 0. The topological polar surface area (TPSA) is 78.7 Å². The molecule has 7 heteroatoms. The van der Waals surface area contributed by atoms with Crippen LogP contribution >= 0.6 is 11.3 Å². The number of thiophene rings is 1. The van der Waals surface area contributed by atoms with E-state index in [1.165, 1.54) is 11.3 Å². The van der Waals surface area contributed by atoms with Gasteiger partial charge in [-0.15, -0.1) is 11.3 Å². The van der Waals surface area contributed by atoms with Gasteiger partial charge in [0, 0.05) is 22.1 Å². The molecule has 0 saturated heterocycles. The highest BCUT2D eigenvalue weighted by Crippen LogP contribution is 2.43. The zero-order valence-electron chi connectivity index (χ0n) is 17.0. The van der Waals surface area contributed by atoms with Crippen molar-refractivity contribution in [3.05, 3.63) is 49.2 Å². The summed E-state index contributed by atoms with van der Waals surface area (Å²) in [6, 6.07) is 3.32. The predicted molar refractivity (Wildman–Crippen MR) is 109 cm³/mol. The van der Waals surface area contributed by atoms with Crippen LogP contribution < -0.4 is 9.47 Å². The first-order valence-electron chi connectivity index (χ1n) is 9.16. The van der Waals surface area contributed by atoms with Gasteiger partial charge in [0.2, 0.25) is 5.78 Å². The van der Waals surface area contributed by atoms with Crippen LogP contribution in [-0.2, 0) is 10.8 Å². The Bertz CT molecular complexity index is 912. The second-order valence-electron chi connectivity index (χ2n) is 8.96. The lowest BCUT2D eigenvalue weighted by Crippen LogP contribution is -2.22. The second-order valence-corrected chi connectivity index (χ2v) is 9.84. The summed E-state index contributed by atoms with van der Waals surface area (Å²) in [4.78, 5) is 25.4. The number of carbonyl (C=O) groups is 1. The van der Waals surface area contributed by atoms with E-state index in [1.54, 1.807) is 17.5 Å². The minimum atomic E-state index is -0.493. The molecule has 1 aromatic heterocycles. The Balaban J connectivity index is 2.23. The molecule has 150 valence electrons. The predicted octanol–water partition coefficient (Wildman–Crippen LogP) is 5.25. The fourth-order valence-corrected chi connectivity index (χ4v) is 4.15. The molecule has 0 unspecified atom stereocenters. The molecule has 0 N–H and O–H groups in total. The third-order valence-electron chi connectivity index (χ3n) is 4.68. The molecular formula is C21H25NO5S. The molecule has 0 amide bonds. The quantitative estimate of drug-likeness (QED) is 0.397. The first-order chi connectivity index (χ1) is 12.9. The molecule has 0 aliphatic carbocycles. The number of ketones is 1. The average Bonchev–Trinajstić information content (AvgIpc) is 3.02. The number of nitrogens with zero attached hydrogens (tertiary/aromatic N) is 1. The van der Waals surface area contributed by atoms with Crippen LogP contribution in [0.5, 0.6) is 11.5 Å². The number of nitro groups is 1. The summed E-state index contributed by atoms with van der Waals surface area (Å²) in [5, 5.41) is 13.7. The minimum Gasteiger partial charge on any atom is -0.485 e. The summed E-state index contributed by atoms with van der Waals surface area (Å²) in [6.07, 6.45) is 0. The van der Waals surface area contributed by atoms with Crippen molar-refractivity contribution in [1.82, 2.24) is 0 Å². The Morgan fingerprint density at radius 3 is 2.07 bits per heavy atom. The van der Waals surface area contributed by atoms with Gasteiger partial charge < -0.3 is 9.47 Å². The zero-order valence-corrected chi connectivity index (χ0v) is 17.9. The summed E-state index contributed by atoms with van der Waals surface area (Å²) in [6.45, 7) is 12.3. The number of hydrogen-bond donors (Lipinski definition) is 0. The normalized spacial score (nSPS) is 14.1. The van der Waals surface area contributed by atoms with Crippen LogP contribution in [0.25, 0.3) is 0 Å². The molecule has 0 fully saturated rings. The lowest BCUT2D eigenvalue weighted by molar-refractivity contribution is -0.387. The molecular weight excluding hydrogens is 378 g/mol. The van der Waals surface area contributed by atoms with Gasteiger partial charge in [-0.25, -0.2) is 0 Å². The van der Waals surface area contributed by atoms with Crippen molar-refractivity contribution in [2.75, 3.05) is 13.2 Å². The highest BCUT2D eigenvalue weighted by atomic mass is 32.1. The Hall–Kier alpha value is -2.41. The maximum Gasteiger partial charge on any atom is 0.276 e. The SMILES string of the molecule is CC(C)(C)c1cc(C(=O)c2scc3c2OCCO3)cc(C(C)(C)C)c1[N+](=O)[O-]. The molecule has 0 radical (unpaired) electrons. The highest BCUT2D eigenvalue weighted by molar-refractivity contribution is 7.13. The molecule has 3 rings (SSSR count). The van der Waals surface area contributed by atoms with Crippen LogP contribution in [0.1, 0.15) is 67.9 Å². The van der Waals surface area contributed by atoms with Crippen molar-refractivity contribution in [3.8, 4) is 11.5 Å². The molecule has 0 bridgehead atoms. The van der Waals surface area contributed by atoms with E-state index >= 15 is 0 Å². The van der Waals surface area contributed by atoms with Crippen molar-refractivity contribution >= 4 is 22.8 Å². The van der Waals surface area contributed by atoms with Gasteiger partial charge in [-0.3, -0.25) is 14.9 Å². The minimum absolute atomic E-state index is 0.0874. The van der Waals surface area contributed by atoms with E-state index in [2.05, 4.69) is 0 Å². The van der Waals surface area contributed by atoms with Gasteiger partial charge in [-0.05, 0) is 23.0 Å². The number of benzene rings is 1. The molecule has 1 aliphatic heterocycles. The number of rotatable bonds is 3. The average molecular weight is 404 g/mol. The van der Waals surface area contributed by atoms with Gasteiger partial charge in [-0.1, -0.05) is 41.5 Å². The van der Waals surface area contributed by atoms with E-state index in [0.717, 1.165) is 0 Å². The zero-order chi connectivity index (χ0) is 20.9. The summed E-state index contributed by atoms with van der Waals surface area (Å²) in [5.74, 6) is 0.838. The van der Waals surface area contributed by atoms with Gasteiger partial charge >= 0.3 is 0 Å². The van der Waals surface area contributed by atoms with Gasteiger partial charge in [0.15, 0.2) is 11.5 Å². The van der Waals surface area contributed by atoms with E-state index in [1.807, 2.05) is 41.5 Å².